The minimum absolute atomic E-state index is 0.00196. The first-order valence-electron chi connectivity index (χ1n) is 6.59. The predicted molar refractivity (Wildman–Crippen MR) is 72.0 cm³/mol. The van der Waals surface area contributed by atoms with Crippen molar-refractivity contribution in [3.63, 3.8) is 0 Å². The highest BCUT2D eigenvalue weighted by molar-refractivity contribution is 6.03. The highest BCUT2D eigenvalue weighted by atomic mass is 16.5. The first kappa shape index (κ1) is 13.9. The maximum Gasteiger partial charge on any atom is 0.176 e. The minimum atomic E-state index is -0.102. The molecule has 1 aliphatic rings. The summed E-state index contributed by atoms with van der Waals surface area (Å²) in [6, 6.07) is 5.38. The molecular weight excluding hydrogens is 244 g/mol. The summed E-state index contributed by atoms with van der Waals surface area (Å²) in [6.07, 6.45) is 1.61. The summed E-state index contributed by atoms with van der Waals surface area (Å²) >= 11 is 0. The molecule has 1 saturated heterocycles. The van der Waals surface area contributed by atoms with Gasteiger partial charge in [0, 0.05) is 6.61 Å². The molecule has 0 N–H and O–H groups in total. The van der Waals surface area contributed by atoms with E-state index in [0.717, 1.165) is 12.8 Å². The number of hydrogen-bond acceptors (Lipinski definition) is 4. The van der Waals surface area contributed by atoms with Crippen LogP contribution in [-0.4, -0.2) is 32.7 Å². The Balaban J connectivity index is 2.37. The second kappa shape index (κ2) is 6.06. The Morgan fingerprint density at radius 1 is 1.32 bits per heavy atom. The summed E-state index contributed by atoms with van der Waals surface area (Å²) < 4.78 is 16.2. The minimum Gasteiger partial charge on any atom is -0.496 e. The van der Waals surface area contributed by atoms with E-state index in [1.807, 2.05) is 13.0 Å². The maximum absolute atomic E-state index is 12.7. The van der Waals surface area contributed by atoms with Crippen molar-refractivity contribution in [2.75, 3.05) is 20.8 Å². The third-order valence-corrected chi connectivity index (χ3v) is 3.62. The molecule has 1 aliphatic heterocycles. The normalized spacial score (nSPS) is 22.3. The molecule has 0 amide bonds. The van der Waals surface area contributed by atoms with Gasteiger partial charge in [-0.3, -0.25) is 4.79 Å². The van der Waals surface area contributed by atoms with Crippen molar-refractivity contribution in [1.82, 2.24) is 0 Å². The quantitative estimate of drug-likeness (QED) is 0.767. The maximum atomic E-state index is 12.7. The van der Waals surface area contributed by atoms with E-state index in [4.69, 9.17) is 14.2 Å². The lowest BCUT2D eigenvalue weighted by molar-refractivity contribution is 0.0685. The number of carbonyl (C=O) groups is 1. The third-order valence-electron chi connectivity index (χ3n) is 3.62. The zero-order valence-electron chi connectivity index (χ0n) is 11.6. The van der Waals surface area contributed by atoms with E-state index in [0.29, 0.717) is 23.7 Å². The van der Waals surface area contributed by atoms with Crippen molar-refractivity contribution < 1.29 is 19.0 Å². The molecule has 1 aromatic carbocycles. The molecule has 1 heterocycles. The molecule has 1 aromatic rings. The molecule has 0 spiro atoms. The van der Waals surface area contributed by atoms with E-state index in [9.17, 15) is 4.79 Å². The van der Waals surface area contributed by atoms with Gasteiger partial charge in [0.15, 0.2) is 5.78 Å². The Morgan fingerprint density at radius 2 is 1.95 bits per heavy atom. The molecule has 0 radical (unpaired) electrons. The summed E-state index contributed by atoms with van der Waals surface area (Å²) in [5.74, 6) is 1.08. The summed E-state index contributed by atoms with van der Waals surface area (Å²) in [6.45, 7) is 2.68. The lowest BCUT2D eigenvalue weighted by Crippen LogP contribution is -2.24. The molecular formula is C15H20O4. The molecule has 2 unspecified atom stereocenters. The molecule has 4 heteroatoms. The summed E-state index contributed by atoms with van der Waals surface area (Å²) in [4.78, 5) is 12.7. The van der Waals surface area contributed by atoms with E-state index in [1.54, 1.807) is 26.4 Å². The molecule has 0 aliphatic carbocycles. The van der Waals surface area contributed by atoms with Crippen molar-refractivity contribution in [1.29, 1.82) is 0 Å². The number of benzene rings is 1. The first-order chi connectivity index (χ1) is 9.22. The topological polar surface area (TPSA) is 44.8 Å². The predicted octanol–water partition coefficient (Wildman–Crippen LogP) is 2.70. The fraction of sp³-hybridized carbons (Fsp3) is 0.533. The summed E-state index contributed by atoms with van der Waals surface area (Å²) in [5.41, 5.74) is 0.529. The van der Waals surface area contributed by atoms with E-state index >= 15 is 0 Å². The van der Waals surface area contributed by atoms with Crippen molar-refractivity contribution in [3.05, 3.63) is 23.8 Å². The van der Waals surface area contributed by atoms with E-state index in [1.165, 1.54) is 0 Å². The molecule has 2 atom stereocenters. The second-order valence-corrected chi connectivity index (χ2v) is 4.61. The molecule has 1 fully saturated rings. The van der Waals surface area contributed by atoms with Crippen molar-refractivity contribution >= 4 is 5.78 Å². The number of methoxy groups -OCH3 is 2. The van der Waals surface area contributed by atoms with Crippen LogP contribution in [0.3, 0.4) is 0 Å². The van der Waals surface area contributed by atoms with Crippen molar-refractivity contribution in [3.8, 4) is 11.5 Å². The largest absolute Gasteiger partial charge is 0.496 e. The summed E-state index contributed by atoms with van der Waals surface area (Å²) in [5, 5.41) is 0. The van der Waals surface area contributed by atoms with Gasteiger partial charge in [-0.05, 0) is 25.0 Å². The van der Waals surface area contributed by atoms with Crippen LogP contribution >= 0.6 is 0 Å². The Kier molecular flexibility index (Phi) is 4.43. The summed E-state index contributed by atoms with van der Waals surface area (Å²) in [7, 11) is 3.13. The van der Waals surface area contributed by atoms with Gasteiger partial charge in [0.25, 0.3) is 0 Å². The van der Waals surface area contributed by atoms with Gasteiger partial charge in [0.05, 0.1) is 26.2 Å². The van der Waals surface area contributed by atoms with Gasteiger partial charge in [-0.15, -0.1) is 0 Å². The Bertz CT molecular complexity index is 433. The molecule has 0 bridgehead atoms. The number of ether oxygens (including phenoxy) is 3. The first-order valence-corrected chi connectivity index (χ1v) is 6.59. The van der Waals surface area contributed by atoms with Gasteiger partial charge < -0.3 is 14.2 Å². The number of hydrogen-bond donors (Lipinski definition) is 0. The smallest absolute Gasteiger partial charge is 0.176 e. The SMILES string of the molecule is CCC1OCCC1C(=O)c1c(OC)cccc1OC. The van der Waals surface area contributed by atoms with Crippen molar-refractivity contribution in [2.45, 2.75) is 25.9 Å². The van der Waals surface area contributed by atoms with Gasteiger partial charge in [-0.1, -0.05) is 13.0 Å². The number of Topliss-reactive ketones (excluding diaryl/α,β-unsaturated/α-hetero) is 1. The standard InChI is InChI=1S/C15H20O4/c1-4-11-10(8-9-19-11)15(16)14-12(17-2)6-5-7-13(14)18-3/h5-7,10-11H,4,8-9H2,1-3H3. The molecule has 0 saturated carbocycles. The van der Waals surface area contributed by atoms with Crippen LogP contribution in [0.1, 0.15) is 30.1 Å². The second-order valence-electron chi connectivity index (χ2n) is 4.61. The highest BCUT2D eigenvalue weighted by Gasteiger charge is 2.35. The fourth-order valence-corrected chi connectivity index (χ4v) is 2.63. The van der Waals surface area contributed by atoms with Gasteiger partial charge in [-0.25, -0.2) is 0 Å². The lowest BCUT2D eigenvalue weighted by atomic mass is 9.89. The van der Waals surface area contributed by atoms with E-state index in [2.05, 4.69) is 0 Å². The monoisotopic (exact) mass is 264 g/mol. The number of carbonyl (C=O) groups excluding carboxylic acids is 1. The lowest BCUT2D eigenvalue weighted by Gasteiger charge is -2.18. The average Bonchev–Trinajstić information content (AvgIpc) is 2.93. The van der Waals surface area contributed by atoms with Crippen molar-refractivity contribution in [2.24, 2.45) is 5.92 Å². The fourth-order valence-electron chi connectivity index (χ4n) is 2.63. The van der Waals surface area contributed by atoms with E-state index < -0.39 is 0 Å². The molecule has 19 heavy (non-hydrogen) atoms. The third kappa shape index (κ3) is 2.59. The van der Waals surface area contributed by atoms with Crippen LogP contribution in [0.15, 0.2) is 18.2 Å². The molecule has 104 valence electrons. The molecule has 4 nitrogen and oxygen atoms in total. The van der Waals surface area contributed by atoms with Gasteiger partial charge in [0.1, 0.15) is 17.1 Å². The van der Waals surface area contributed by atoms with Crippen LogP contribution < -0.4 is 9.47 Å². The van der Waals surface area contributed by atoms with Gasteiger partial charge in [0.2, 0.25) is 0 Å². The van der Waals surface area contributed by atoms with Crippen LogP contribution in [0.25, 0.3) is 0 Å². The number of ketones is 1. The van der Waals surface area contributed by atoms with Crippen LogP contribution in [0.2, 0.25) is 0 Å². The Hall–Kier alpha value is -1.55. The molecule has 2 rings (SSSR count). The van der Waals surface area contributed by atoms with E-state index in [-0.39, 0.29) is 17.8 Å². The van der Waals surface area contributed by atoms with Gasteiger partial charge >= 0.3 is 0 Å². The zero-order chi connectivity index (χ0) is 13.8. The number of rotatable bonds is 5. The Labute approximate surface area is 113 Å². The Morgan fingerprint density at radius 3 is 2.47 bits per heavy atom. The van der Waals surface area contributed by atoms with Gasteiger partial charge in [-0.2, -0.15) is 0 Å². The average molecular weight is 264 g/mol. The molecule has 0 aromatic heterocycles. The van der Waals surface area contributed by atoms with Crippen LogP contribution in [-0.2, 0) is 4.74 Å². The van der Waals surface area contributed by atoms with Crippen LogP contribution in [0.4, 0.5) is 0 Å². The zero-order valence-corrected chi connectivity index (χ0v) is 11.6. The highest BCUT2D eigenvalue weighted by Crippen LogP contribution is 2.35. The van der Waals surface area contributed by atoms with Crippen LogP contribution in [0.5, 0.6) is 11.5 Å². The van der Waals surface area contributed by atoms with Crippen LogP contribution in [0, 0.1) is 5.92 Å².